The summed E-state index contributed by atoms with van der Waals surface area (Å²) < 4.78 is 26.9. The highest BCUT2D eigenvalue weighted by Gasteiger charge is 2.21. The standard InChI is InChI=1S/C15H14N2O2S.C2H6/c1-11-10-13-14(16)8-5-9-15(13)17(11)20(18,19)12-6-3-2-4-7-12;1-2/h2-10H,16H2,1H3;1-2H3. The van der Waals surface area contributed by atoms with E-state index >= 15 is 0 Å². The Labute approximate surface area is 131 Å². The normalized spacial score (nSPS) is 11.0. The highest BCUT2D eigenvalue weighted by molar-refractivity contribution is 7.90. The number of nitrogens with two attached hydrogens (primary N) is 1. The number of aromatic nitrogens is 1. The van der Waals surface area contributed by atoms with Crippen LogP contribution in [0.4, 0.5) is 5.69 Å². The Morgan fingerprint density at radius 1 is 0.955 bits per heavy atom. The summed E-state index contributed by atoms with van der Waals surface area (Å²) in [6.45, 7) is 5.76. The summed E-state index contributed by atoms with van der Waals surface area (Å²) in [5.41, 5.74) is 7.73. The van der Waals surface area contributed by atoms with E-state index in [1.54, 1.807) is 61.5 Å². The van der Waals surface area contributed by atoms with Gasteiger partial charge in [-0.15, -0.1) is 0 Å². The summed E-state index contributed by atoms with van der Waals surface area (Å²) in [4.78, 5) is 0.267. The van der Waals surface area contributed by atoms with Crippen molar-refractivity contribution in [2.75, 3.05) is 5.73 Å². The van der Waals surface area contributed by atoms with E-state index in [1.807, 2.05) is 13.8 Å². The predicted molar refractivity (Wildman–Crippen MR) is 91.5 cm³/mol. The average molecular weight is 316 g/mol. The first kappa shape index (κ1) is 16.1. The van der Waals surface area contributed by atoms with Crippen LogP contribution in [0.2, 0.25) is 0 Å². The Morgan fingerprint density at radius 3 is 2.23 bits per heavy atom. The summed E-state index contributed by atoms with van der Waals surface area (Å²) in [6, 6.07) is 15.5. The number of nitrogens with zero attached hydrogens (tertiary/aromatic N) is 1. The van der Waals surface area contributed by atoms with Gasteiger partial charge < -0.3 is 5.73 Å². The van der Waals surface area contributed by atoms with Gasteiger partial charge in [-0.25, -0.2) is 12.4 Å². The fourth-order valence-electron chi connectivity index (χ4n) is 2.38. The second-order valence-electron chi connectivity index (χ2n) is 4.65. The maximum atomic E-state index is 12.8. The molecule has 3 aromatic rings. The van der Waals surface area contributed by atoms with Gasteiger partial charge in [0, 0.05) is 16.8 Å². The lowest BCUT2D eigenvalue weighted by Gasteiger charge is -2.10. The van der Waals surface area contributed by atoms with Gasteiger partial charge in [0.15, 0.2) is 0 Å². The molecule has 0 spiro atoms. The SMILES string of the molecule is CC.Cc1cc2c(N)cccc2n1S(=O)(=O)c1ccccc1. The number of rotatable bonds is 2. The third-order valence-corrected chi connectivity index (χ3v) is 5.12. The first-order valence-electron chi connectivity index (χ1n) is 7.19. The molecule has 2 aromatic carbocycles. The lowest BCUT2D eigenvalue weighted by atomic mass is 10.2. The molecular weight excluding hydrogens is 296 g/mol. The summed E-state index contributed by atoms with van der Waals surface area (Å²) in [7, 11) is -3.61. The second-order valence-corrected chi connectivity index (χ2v) is 6.43. The van der Waals surface area contributed by atoms with Gasteiger partial charge in [0.05, 0.1) is 10.4 Å². The molecule has 0 radical (unpaired) electrons. The minimum atomic E-state index is -3.61. The molecule has 0 aliphatic carbocycles. The lowest BCUT2D eigenvalue weighted by molar-refractivity contribution is 0.588. The highest BCUT2D eigenvalue weighted by atomic mass is 32.2. The minimum Gasteiger partial charge on any atom is -0.398 e. The van der Waals surface area contributed by atoms with Crippen LogP contribution in [-0.2, 0) is 10.0 Å². The summed E-state index contributed by atoms with van der Waals surface area (Å²) in [5.74, 6) is 0. The molecule has 22 heavy (non-hydrogen) atoms. The molecule has 2 N–H and O–H groups in total. The van der Waals surface area contributed by atoms with Gasteiger partial charge in [-0.2, -0.15) is 0 Å². The molecule has 0 saturated heterocycles. The highest BCUT2D eigenvalue weighted by Crippen LogP contribution is 2.28. The quantitative estimate of drug-likeness (QED) is 0.731. The zero-order valence-electron chi connectivity index (χ0n) is 12.9. The van der Waals surface area contributed by atoms with Crippen molar-refractivity contribution in [1.29, 1.82) is 0 Å². The van der Waals surface area contributed by atoms with E-state index < -0.39 is 10.0 Å². The van der Waals surface area contributed by atoms with E-state index in [1.165, 1.54) is 3.97 Å². The molecule has 4 nitrogen and oxygen atoms in total. The van der Waals surface area contributed by atoms with Gasteiger partial charge in [0.1, 0.15) is 0 Å². The smallest absolute Gasteiger partial charge is 0.268 e. The van der Waals surface area contributed by atoms with E-state index in [0.717, 1.165) is 5.39 Å². The number of aryl methyl sites for hydroxylation is 1. The number of hydrogen-bond acceptors (Lipinski definition) is 3. The van der Waals surface area contributed by atoms with Crippen molar-refractivity contribution >= 4 is 26.6 Å². The Balaban J connectivity index is 0.000000847. The summed E-state index contributed by atoms with van der Waals surface area (Å²) in [5, 5.41) is 0.754. The van der Waals surface area contributed by atoms with E-state index in [9.17, 15) is 8.42 Å². The monoisotopic (exact) mass is 316 g/mol. The predicted octanol–water partition coefficient (Wildman–Crippen LogP) is 3.80. The Bertz CT molecular complexity index is 882. The van der Waals surface area contributed by atoms with Crippen molar-refractivity contribution < 1.29 is 8.42 Å². The van der Waals surface area contributed by atoms with Gasteiger partial charge in [0.25, 0.3) is 10.0 Å². The molecule has 0 aliphatic rings. The van der Waals surface area contributed by atoms with Crippen LogP contribution in [0, 0.1) is 6.92 Å². The molecule has 5 heteroatoms. The van der Waals surface area contributed by atoms with Crippen molar-refractivity contribution in [3.63, 3.8) is 0 Å². The Kier molecular flexibility index (Phi) is 4.56. The molecule has 1 aromatic heterocycles. The molecule has 1 heterocycles. The zero-order valence-corrected chi connectivity index (χ0v) is 13.8. The van der Waals surface area contributed by atoms with Crippen LogP contribution in [0.1, 0.15) is 19.5 Å². The van der Waals surface area contributed by atoms with Crippen LogP contribution in [0.5, 0.6) is 0 Å². The van der Waals surface area contributed by atoms with Crippen molar-refractivity contribution in [2.45, 2.75) is 25.7 Å². The van der Waals surface area contributed by atoms with Crippen molar-refractivity contribution in [3.05, 3.63) is 60.3 Å². The van der Waals surface area contributed by atoms with Crippen LogP contribution in [0.3, 0.4) is 0 Å². The molecule has 116 valence electrons. The molecule has 0 atom stereocenters. The van der Waals surface area contributed by atoms with Gasteiger partial charge >= 0.3 is 0 Å². The first-order chi connectivity index (χ1) is 10.5. The average Bonchev–Trinajstić information content (AvgIpc) is 2.88. The molecule has 0 unspecified atom stereocenters. The third kappa shape index (κ3) is 2.60. The Hall–Kier alpha value is -2.27. The van der Waals surface area contributed by atoms with Crippen LogP contribution < -0.4 is 5.73 Å². The number of benzene rings is 2. The van der Waals surface area contributed by atoms with Gasteiger partial charge in [-0.1, -0.05) is 38.1 Å². The maximum absolute atomic E-state index is 12.8. The minimum absolute atomic E-state index is 0.267. The fraction of sp³-hybridized carbons (Fsp3) is 0.176. The van der Waals surface area contributed by atoms with E-state index in [4.69, 9.17) is 5.73 Å². The molecule has 0 aliphatic heterocycles. The largest absolute Gasteiger partial charge is 0.398 e. The van der Waals surface area contributed by atoms with Gasteiger partial charge in [-0.05, 0) is 37.3 Å². The van der Waals surface area contributed by atoms with Crippen molar-refractivity contribution in [3.8, 4) is 0 Å². The molecule has 3 rings (SSSR count). The van der Waals surface area contributed by atoms with Gasteiger partial charge in [0.2, 0.25) is 0 Å². The van der Waals surface area contributed by atoms with Crippen molar-refractivity contribution in [1.82, 2.24) is 3.97 Å². The van der Waals surface area contributed by atoms with E-state index in [2.05, 4.69) is 0 Å². The molecule has 0 amide bonds. The zero-order chi connectivity index (χ0) is 16.3. The van der Waals surface area contributed by atoms with Crippen LogP contribution in [0.25, 0.3) is 10.9 Å². The second kappa shape index (κ2) is 6.23. The molecular formula is C17H20N2O2S. The topological polar surface area (TPSA) is 65.1 Å². The van der Waals surface area contributed by atoms with Crippen molar-refractivity contribution in [2.24, 2.45) is 0 Å². The van der Waals surface area contributed by atoms with Gasteiger partial charge in [-0.3, -0.25) is 0 Å². The van der Waals surface area contributed by atoms with E-state index in [-0.39, 0.29) is 4.90 Å². The van der Waals surface area contributed by atoms with E-state index in [0.29, 0.717) is 16.9 Å². The fourth-order valence-corrected chi connectivity index (χ4v) is 3.94. The molecule has 0 saturated carbocycles. The van der Waals surface area contributed by atoms with Crippen LogP contribution >= 0.6 is 0 Å². The Morgan fingerprint density at radius 2 is 1.59 bits per heavy atom. The number of hydrogen-bond donors (Lipinski definition) is 1. The maximum Gasteiger partial charge on any atom is 0.268 e. The number of anilines is 1. The molecule has 0 bridgehead atoms. The van der Waals surface area contributed by atoms with Crippen LogP contribution in [-0.4, -0.2) is 12.4 Å². The molecule has 0 fully saturated rings. The summed E-state index contributed by atoms with van der Waals surface area (Å²) >= 11 is 0. The number of fused-ring (bicyclic) bond motifs is 1. The van der Waals surface area contributed by atoms with Crippen LogP contribution in [0.15, 0.2) is 59.5 Å². The third-order valence-electron chi connectivity index (χ3n) is 3.29. The number of nitrogen functional groups attached to an aromatic ring is 1. The summed E-state index contributed by atoms with van der Waals surface area (Å²) in [6.07, 6.45) is 0. The first-order valence-corrected chi connectivity index (χ1v) is 8.63. The lowest BCUT2D eigenvalue weighted by Crippen LogP contribution is -2.14.